The third kappa shape index (κ3) is 5.74. The van der Waals surface area contributed by atoms with Crippen molar-refractivity contribution >= 4 is 38.9 Å². The predicted octanol–water partition coefficient (Wildman–Crippen LogP) is 5.88. The first-order valence-corrected chi connectivity index (χ1v) is 9.07. The Bertz CT molecular complexity index is 571. The monoisotopic (exact) mass is 385 g/mol. The molecule has 21 heavy (non-hydrogen) atoms. The van der Waals surface area contributed by atoms with Gasteiger partial charge >= 0.3 is 0 Å². The van der Waals surface area contributed by atoms with Crippen molar-refractivity contribution in [2.45, 2.75) is 38.6 Å². The molecule has 0 fully saturated rings. The van der Waals surface area contributed by atoms with Crippen LogP contribution in [0.1, 0.15) is 37.1 Å². The molecule has 2 rings (SSSR count). The molecule has 1 aromatic carbocycles. The molecule has 2 aromatic rings. The summed E-state index contributed by atoms with van der Waals surface area (Å²) in [4.78, 5) is 1.34. The van der Waals surface area contributed by atoms with Crippen LogP contribution in [0.4, 0.5) is 0 Å². The molecule has 1 atom stereocenters. The Kier molecular flexibility index (Phi) is 5.89. The fourth-order valence-corrected chi connectivity index (χ4v) is 3.61. The number of thiophene rings is 1. The lowest BCUT2D eigenvalue weighted by Gasteiger charge is -2.25. The highest BCUT2D eigenvalue weighted by Gasteiger charge is 2.17. The minimum atomic E-state index is 0.126. The summed E-state index contributed by atoms with van der Waals surface area (Å²) in [6.07, 6.45) is 1.02. The van der Waals surface area contributed by atoms with E-state index < -0.39 is 0 Å². The summed E-state index contributed by atoms with van der Waals surface area (Å²) in [5.41, 5.74) is 1.49. The van der Waals surface area contributed by atoms with Crippen molar-refractivity contribution in [1.82, 2.24) is 5.32 Å². The third-order valence-electron chi connectivity index (χ3n) is 3.30. The highest BCUT2D eigenvalue weighted by molar-refractivity contribution is 9.10. The normalized spacial score (nSPS) is 13.4. The fraction of sp³-hybridized carbons (Fsp3) is 0.412. The van der Waals surface area contributed by atoms with Gasteiger partial charge in [0, 0.05) is 27.4 Å². The lowest BCUT2D eigenvalue weighted by atomic mass is 9.94. The molecule has 0 saturated heterocycles. The number of nitrogens with one attached hydrogen (secondary N) is 1. The van der Waals surface area contributed by atoms with Gasteiger partial charge < -0.3 is 5.32 Å². The van der Waals surface area contributed by atoms with Gasteiger partial charge in [0.2, 0.25) is 0 Å². The zero-order valence-corrected chi connectivity index (χ0v) is 15.8. The highest BCUT2D eigenvalue weighted by atomic mass is 79.9. The molecular formula is C17H21BrClNS. The van der Waals surface area contributed by atoms with E-state index in [9.17, 15) is 0 Å². The lowest BCUT2D eigenvalue weighted by molar-refractivity contribution is 0.405. The number of benzene rings is 1. The zero-order chi connectivity index (χ0) is 15.5. The van der Waals surface area contributed by atoms with Gasteiger partial charge in [-0.3, -0.25) is 0 Å². The maximum Gasteiger partial charge on any atom is 0.0931 e. The van der Waals surface area contributed by atoms with Crippen molar-refractivity contribution in [2.75, 3.05) is 6.54 Å². The van der Waals surface area contributed by atoms with Crippen LogP contribution in [0.2, 0.25) is 4.34 Å². The first-order chi connectivity index (χ1) is 9.83. The van der Waals surface area contributed by atoms with E-state index in [4.69, 9.17) is 11.6 Å². The molecule has 0 radical (unpaired) electrons. The Labute approximate surface area is 144 Å². The molecule has 1 heterocycles. The molecule has 0 amide bonds. The first kappa shape index (κ1) is 17.0. The maximum atomic E-state index is 6.06. The van der Waals surface area contributed by atoms with E-state index in [1.165, 1.54) is 10.4 Å². The van der Waals surface area contributed by atoms with Crippen LogP contribution in [0.3, 0.4) is 0 Å². The van der Waals surface area contributed by atoms with Crippen LogP contribution in [-0.2, 0) is 6.42 Å². The smallest absolute Gasteiger partial charge is 0.0931 e. The van der Waals surface area contributed by atoms with Crippen molar-refractivity contribution in [3.63, 3.8) is 0 Å². The van der Waals surface area contributed by atoms with Crippen LogP contribution in [0, 0.1) is 0 Å². The number of hydrogen-bond donors (Lipinski definition) is 1. The van der Waals surface area contributed by atoms with Gasteiger partial charge in [-0.05, 0) is 57.0 Å². The minimum absolute atomic E-state index is 0.126. The van der Waals surface area contributed by atoms with E-state index in [-0.39, 0.29) is 5.54 Å². The Morgan fingerprint density at radius 2 is 1.81 bits per heavy atom. The summed E-state index contributed by atoms with van der Waals surface area (Å²) in [5.74, 6) is 0.451. The standard InChI is InChI=1S/C17H21BrClNS/c1-17(2,3)20-11-13(10-15-8-9-16(19)21-15)12-4-6-14(18)7-5-12/h4-9,13,20H,10-11H2,1-3H3. The van der Waals surface area contributed by atoms with Gasteiger partial charge in [0.15, 0.2) is 0 Å². The summed E-state index contributed by atoms with van der Waals surface area (Å²) < 4.78 is 1.98. The Balaban J connectivity index is 2.15. The third-order valence-corrected chi connectivity index (χ3v) is 5.08. The van der Waals surface area contributed by atoms with Crippen molar-refractivity contribution in [3.05, 3.63) is 55.6 Å². The molecule has 1 nitrogen and oxygen atoms in total. The van der Waals surface area contributed by atoms with Crippen LogP contribution in [0.5, 0.6) is 0 Å². The van der Waals surface area contributed by atoms with Crippen molar-refractivity contribution in [2.24, 2.45) is 0 Å². The van der Waals surface area contributed by atoms with E-state index in [1.807, 2.05) is 6.07 Å². The molecular weight excluding hydrogens is 366 g/mol. The van der Waals surface area contributed by atoms with Crippen LogP contribution < -0.4 is 5.32 Å². The molecule has 0 saturated carbocycles. The second kappa shape index (κ2) is 7.28. The van der Waals surface area contributed by atoms with Gasteiger partial charge in [0.25, 0.3) is 0 Å². The maximum absolute atomic E-state index is 6.06. The predicted molar refractivity (Wildman–Crippen MR) is 97.7 cm³/mol. The summed E-state index contributed by atoms with van der Waals surface area (Å²) >= 11 is 11.2. The molecule has 0 aliphatic rings. The summed E-state index contributed by atoms with van der Waals surface area (Å²) in [6, 6.07) is 12.7. The van der Waals surface area contributed by atoms with E-state index in [1.54, 1.807) is 11.3 Å². The molecule has 0 aliphatic heterocycles. The lowest BCUT2D eigenvalue weighted by Crippen LogP contribution is -2.38. The average Bonchev–Trinajstić information content (AvgIpc) is 2.80. The second-order valence-electron chi connectivity index (χ2n) is 6.29. The molecule has 0 aliphatic carbocycles. The van der Waals surface area contributed by atoms with E-state index in [2.05, 4.69) is 72.3 Å². The number of rotatable bonds is 5. The molecule has 1 aromatic heterocycles. The van der Waals surface area contributed by atoms with Gasteiger partial charge in [-0.15, -0.1) is 11.3 Å². The quantitative estimate of drug-likeness (QED) is 0.676. The first-order valence-electron chi connectivity index (χ1n) is 7.08. The second-order valence-corrected chi connectivity index (χ2v) is 9.00. The van der Waals surface area contributed by atoms with Gasteiger partial charge in [-0.2, -0.15) is 0 Å². The Morgan fingerprint density at radius 3 is 2.33 bits per heavy atom. The van der Waals surface area contributed by atoms with E-state index in [0.29, 0.717) is 5.92 Å². The van der Waals surface area contributed by atoms with Crippen LogP contribution >= 0.6 is 38.9 Å². The average molecular weight is 387 g/mol. The number of hydrogen-bond acceptors (Lipinski definition) is 2. The van der Waals surface area contributed by atoms with Gasteiger partial charge in [0.05, 0.1) is 4.34 Å². The minimum Gasteiger partial charge on any atom is -0.311 e. The van der Waals surface area contributed by atoms with Crippen LogP contribution in [0.15, 0.2) is 40.9 Å². The van der Waals surface area contributed by atoms with Gasteiger partial charge in [-0.1, -0.05) is 39.7 Å². The summed E-state index contributed by atoms with van der Waals surface area (Å²) in [7, 11) is 0. The zero-order valence-electron chi connectivity index (χ0n) is 12.6. The van der Waals surface area contributed by atoms with Crippen LogP contribution in [0.25, 0.3) is 0 Å². The Morgan fingerprint density at radius 1 is 1.14 bits per heavy atom. The van der Waals surface area contributed by atoms with E-state index in [0.717, 1.165) is 21.8 Å². The van der Waals surface area contributed by atoms with Gasteiger partial charge in [-0.25, -0.2) is 0 Å². The van der Waals surface area contributed by atoms with Crippen molar-refractivity contribution in [3.8, 4) is 0 Å². The Hall–Kier alpha value is -0.350. The highest BCUT2D eigenvalue weighted by Crippen LogP contribution is 2.28. The SMILES string of the molecule is CC(C)(C)NCC(Cc1ccc(Cl)s1)c1ccc(Br)cc1. The summed E-state index contributed by atoms with van der Waals surface area (Å²) in [5, 5.41) is 3.62. The van der Waals surface area contributed by atoms with Gasteiger partial charge in [0.1, 0.15) is 0 Å². The molecule has 0 bridgehead atoms. The number of halogens is 2. The largest absolute Gasteiger partial charge is 0.311 e. The van der Waals surface area contributed by atoms with Crippen LogP contribution in [-0.4, -0.2) is 12.1 Å². The molecule has 0 spiro atoms. The fourth-order valence-electron chi connectivity index (χ4n) is 2.18. The molecule has 114 valence electrons. The van der Waals surface area contributed by atoms with E-state index >= 15 is 0 Å². The van der Waals surface area contributed by atoms with Crippen molar-refractivity contribution in [1.29, 1.82) is 0 Å². The summed E-state index contributed by atoms with van der Waals surface area (Å²) in [6.45, 7) is 7.57. The molecule has 4 heteroatoms. The topological polar surface area (TPSA) is 12.0 Å². The molecule has 1 unspecified atom stereocenters. The molecule has 1 N–H and O–H groups in total. The van der Waals surface area contributed by atoms with Crippen molar-refractivity contribution < 1.29 is 0 Å².